The zero-order valence-electron chi connectivity index (χ0n) is 13.5. The Balaban J connectivity index is 1.89. The van der Waals surface area contributed by atoms with E-state index in [2.05, 4.69) is 9.97 Å². The van der Waals surface area contributed by atoms with Gasteiger partial charge in [0.05, 0.1) is 16.8 Å². The Morgan fingerprint density at radius 3 is 1.96 bits per heavy atom. The molecule has 0 unspecified atom stereocenters. The zero-order valence-corrected chi connectivity index (χ0v) is 13.5. The van der Waals surface area contributed by atoms with Crippen LogP contribution in [-0.4, -0.2) is 9.97 Å². The maximum Gasteiger partial charge on any atom is 0.416 e. The molecule has 26 heavy (non-hydrogen) atoms. The largest absolute Gasteiger partial charge is 0.416 e. The molecule has 3 aromatic carbocycles. The molecule has 1 aromatic heterocycles. The molecule has 0 amide bonds. The average Bonchev–Trinajstić information content (AvgIpc) is 2.67. The molecule has 0 saturated carbocycles. The number of benzene rings is 3. The molecule has 2 nitrogen and oxygen atoms in total. The van der Waals surface area contributed by atoms with E-state index in [1.807, 2.05) is 54.6 Å². The summed E-state index contributed by atoms with van der Waals surface area (Å²) >= 11 is 0. The van der Waals surface area contributed by atoms with Gasteiger partial charge in [0.2, 0.25) is 0 Å². The van der Waals surface area contributed by atoms with Gasteiger partial charge >= 0.3 is 6.18 Å². The van der Waals surface area contributed by atoms with Gasteiger partial charge in [0.1, 0.15) is 0 Å². The number of fused-ring (bicyclic) bond motifs is 1. The third-order valence-electron chi connectivity index (χ3n) is 4.12. The van der Waals surface area contributed by atoms with Crippen LogP contribution in [0, 0.1) is 0 Å². The molecule has 4 aromatic rings. The summed E-state index contributed by atoms with van der Waals surface area (Å²) in [4.78, 5) is 9.17. The molecule has 4 rings (SSSR count). The Hall–Kier alpha value is -3.21. The van der Waals surface area contributed by atoms with Gasteiger partial charge in [-0.15, -0.1) is 0 Å². The minimum atomic E-state index is -4.36. The Kier molecular flexibility index (Phi) is 3.92. The highest BCUT2D eigenvalue weighted by Gasteiger charge is 2.30. The topological polar surface area (TPSA) is 25.8 Å². The van der Waals surface area contributed by atoms with Crippen LogP contribution >= 0.6 is 0 Å². The summed E-state index contributed by atoms with van der Waals surface area (Å²) in [7, 11) is 0. The smallest absolute Gasteiger partial charge is 0.228 e. The van der Waals surface area contributed by atoms with Crippen LogP contribution in [-0.2, 0) is 6.18 Å². The van der Waals surface area contributed by atoms with Crippen molar-refractivity contribution in [3.8, 4) is 22.6 Å². The fourth-order valence-corrected chi connectivity index (χ4v) is 2.83. The summed E-state index contributed by atoms with van der Waals surface area (Å²) in [5.41, 5.74) is 2.29. The van der Waals surface area contributed by atoms with E-state index in [1.54, 1.807) is 0 Å². The molecule has 0 saturated heterocycles. The predicted octanol–water partition coefficient (Wildman–Crippen LogP) is 5.98. The first kappa shape index (κ1) is 16.3. The number of nitrogens with zero attached hydrogens (tertiary/aromatic N) is 2. The van der Waals surface area contributed by atoms with Crippen LogP contribution in [0.15, 0.2) is 78.9 Å². The second kappa shape index (κ2) is 6.26. The molecule has 5 heteroatoms. The first-order valence-electron chi connectivity index (χ1n) is 8.02. The third-order valence-corrected chi connectivity index (χ3v) is 4.12. The van der Waals surface area contributed by atoms with E-state index < -0.39 is 11.7 Å². The summed E-state index contributed by atoms with van der Waals surface area (Å²) in [5.74, 6) is 0.399. The molecule has 128 valence electrons. The first-order valence-corrected chi connectivity index (χ1v) is 8.02. The van der Waals surface area contributed by atoms with Gasteiger partial charge in [-0.25, -0.2) is 9.97 Å². The number of para-hydroxylation sites is 1. The van der Waals surface area contributed by atoms with E-state index in [9.17, 15) is 13.2 Å². The van der Waals surface area contributed by atoms with Crippen LogP contribution in [0.3, 0.4) is 0 Å². The molecule has 0 N–H and O–H groups in total. The minimum absolute atomic E-state index is 0.399. The van der Waals surface area contributed by atoms with Crippen molar-refractivity contribution in [2.24, 2.45) is 0 Å². The highest BCUT2D eigenvalue weighted by molar-refractivity contribution is 5.93. The SMILES string of the molecule is FC(F)(F)c1ccc(-c2nc(-c3ccccc3)c3ccccc3n2)cc1. The monoisotopic (exact) mass is 350 g/mol. The maximum atomic E-state index is 12.8. The van der Waals surface area contributed by atoms with Gasteiger partial charge in [-0.05, 0) is 18.2 Å². The number of halogens is 3. The van der Waals surface area contributed by atoms with Crippen molar-refractivity contribution in [1.29, 1.82) is 0 Å². The lowest BCUT2D eigenvalue weighted by atomic mass is 10.1. The fourth-order valence-electron chi connectivity index (χ4n) is 2.83. The van der Waals surface area contributed by atoms with Crippen molar-refractivity contribution in [1.82, 2.24) is 9.97 Å². The quantitative estimate of drug-likeness (QED) is 0.444. The molecule has 0 aliphatic rings. The molecule has 0 aliphatic heterocycles. The van der Waals surface area contributed by atoms with Gasteiger partial charge in [0.15, 0.2) is 5.82 Å². The van der Waals surface area contributed by atoms with Crippen molar-refractivity contribution >= 4 is 10.9 Å². The lowest BCUT2D eigenvalue weighted by molar-refractivity contribution is -0.137. The minimum Gasteiger partial charge on any atom is -0.228 e. The number of hydrogen-bond donors (Lipinski definition) is 0. The molecule has 1 heterocycles. The van der Waals surface area contributed by atoms with E-state index in [0.717, 1.165) is 34.3 Å². The molecule has 0 spiro atoms. The van der Waals surface area contributed by atoms with Crippen molar-refractivity contribution in [2.75, 3.05) is 0 Å². The molecular formula is C21H13F3N2. The van der Waals surface area contributed by atoms with Crippen molar-refractivity contribution < 1.29 is 13.2 Å². The number of rotatable bonds is 2. The van der Waals surface area contributed by atoms with Crippen LogP contribution in [0.25, 0.3) is 33.5 Å². The normalized spacial score (nSPS) is 11.7. The van der Waals surface area contributed by atoms with Gasteiger partial charge < -0.3 is 0 Å². The van der Waals surface area contributed by atoms with Crippen LogP contribution < -0.4 is 0 Å². The summed E-state index contributed by atoms with van der Waals surface area (Å²) in [6.07, 6.45) is -4.36. The van der Waals surface area contributed by atoms with E-state index in [4.69, 9.17) is 0 Å². The molecule has 0 fully saturated rings. The van der Waals surface area contributed by atoms with E-state index in [1.165, 1.54) is 12.1 Å². The lowest BCUT2D eigenvalue weighted by Gasteiger charge is -2.10. The highest BCUT2D eigenvalue weighted by atomic mass is 19.4. The van der Waals surface area contributed by atoms with Gasteiger partial charge in [0.25, 0.3) is 0 Å². The third kappa shape index (κ3) is 3.04. The van der Waals surface area contributed by atoms with E-state index >= 15 is 0 Å². The average molecular weight is 350 g/mol. The Morgan fingerprint density at radius 1 is 0.615 bits per heavy atom. The van der Waals surface area contributed by atoms with Crippen molar-refractivity contribution in [2.45, 2.75) is 6.18 Å². The van der Waals surface area contributed by atoms with Crippen LogP contribution in [0.5, 0.6) is 0 Å². The van der Waals surface area contributed by atoms with Crippen LogP contribution in [0.2, 0.25) is 0 Å². The fraction of sp³-hybridized carbons (Fsp3) is 0.0476. The number of aromatic nitrogens is 2. The maximum absolute atomic E-state index is 12.8. The molecule has 0 aliphatic carbocycles. The van der Waals surface area contributed by atoms with Crippen LogP contribution in [0.1, 0.15) is 5.56 Å². The summed E-state index contributed by atoms with van der Waals surface area (Å²) in [5, 5.41) is 0.898. The summed E-state index contributed by atoms with van der Waals surface area (Å²) < 4.78 is 38.4. The second-order valence-electron chi connectivity index (χ2n) is 5.85. The Bertz CT molecular complexity index is 1060. The van der Waals surface area contributed by atoms with Crippen molar-refractivity contribution in [3.63, 3.8) is 0 Å². The molecule has 0 atom stereocenters. The van der Waals surface area contributed by atoms with Crippen molar-refractivity contribution in [3.05, 3.63) is 84.4 Å². The predicted molar refractivity (Wildman–Crippen MR) is 95.4 cm³/mol. The summed E-state index contributed by atoms with van der Waals surface area (Å²) in [6, 6.07) is 22.2. The van der Waals surface area contributed by atoms with Gasteiger partial charge in [-0.1, -0.05) is 60.7 Å². The highest BCUT2D eigenvalue weighted by Crippen LogP contribution is 2.32. The van der Waals surface area contributed by atoms with Gasteiger partial charge in [0, 0.05) is 16.5 Å². The molecule has 0 radical (unpaired) electrons. The number of hydrogen-bond acceptors (Lipinski definition) is 2. The number of alkyl halides is 3. The summed E-state index contributed by atoms with van der Waals surface area (Å²) in [6.45, 7) is 0. The molecule has 0 bridgehead atoms. The van der Waals surface area contributed by atoms with E-state index in [0.29, 0.717) is 11.4 Å². The first-order chi connectivity index (χ1) is 12.5. The second-order valence-corrected chi connectivity index (χ2v) is 5.85. The van der Waals surface area contributed by atoms with Crippen LogP contribution in [0.4, 0.5) is 13.2 Å². The van der Waals surface area contributed by atoms with E-state index in [-0.39, 0.29) is 0 Å². The van der Waals surface area contributed by atoms with Gasteiger partial charge in [-0.3, -0.25) is 0 Å². The van der Waals surface area contributed by atoms with Gasteiger partial charge in [-0.2, -0.15) is 13.2 Å². The zero-order chi connectivity index (χ0) is 18.1. The molecular weight excluding hydrogens is 337 g/mol. The Morgan fingerprint density at radius 2 is 1.27 bits per heavy atom. The Labute approximate surface area is 148 Å². The standard InChI is InChI=1S/C21H13F3N2/c22-21(23,24)16-12-10-15(11-13-16)20-25-18-9-5-4-8-17(18)19(26-20)14-6-2-1-3-7-14/h1-13H. The lowest BCUT2D eigenvalue weighted by Crippen LogP contribution is -2.04.